The Morgan fingerprint density at radius 1 is 1.05 bits per heavy atom. The number of aliphatic hydroxyl groups excluding tert-OH is 1. The van der Waals surface area contributed by atoms with Crippen LogP contribution in [-0.2, 0) is 0 Å². The van der Waals surface area contributed by atoms with Gasteiger partial charge in [0.25, 0.3) is 0 Å². The summed E-state index contributed by atoms with van der Waals surface area (Å²) in [6.45, 7) is 3.60. The molecule has 4 aromatic rings. The SMILES string of the molecule is CC(C)Oc1cccc2ccc(-c3nnc4ccc([C@@H](N5C[C@@H](N)[C@H](O)C5)C(F)(F)F)cn34)nc12.Cl.Cl. The lowest BCUT2D eigenvalue weighted by Crippen LogP contribution is -2.38. The highest BCUT2D eigenvalue weighted by molar-refractivity contribution is 5.86. The van der Waals surface area contributed by atoms with E-state index in [0.29, 0.717) is 28.4 Å². The lowest BCUT2D eigenvalue weighted by atomic mass is 10.1. The van der Waals surface area contributed by atoms with Gasteiger partial charge in [0, 0.05) is 30.7 Å². The first-order valence-corrected chi connectivity index (χ1v) is 11.3. The van der Waals surface area contributed by atoms with Crippen molar-refractivity contribution in [2.75, 3.05) is 13.1 Å². The highest BCUT2D eigenvalue weighted by atomic mass is 35.5. The minimum absolute atomic E-state index is 0. The van der Waals surface area contributed by atoms with Crippen LogP contribution >= 0.6 is 24.8 Å². The summed E-state index contributed by atoms with van der Waals surface area (Å²) in [4.78, 5) is 5.87. The van der Waals surface area contributed by atoms with Crippen molar-refractivity contribution < 1.29 is 23.0 Å². The molecule has 0 spiro atoms. The number of likely N-dealkylation sites (tertiary alicyclic amines) is 1. The fourth-order valence-electron chi connectivity index (χ4n) is 4.50. The van der Waals surface area contributed by atoms with E-state index in [-0.39, 0.29) is 49.6 Å². The Hall–Kier alpha value is -2.70. The summed E-state index contributed by atoms with van der Waals surface area (Å²) in [6, 6.07) is 9.42. The van der Waals surface area contributed by atoms with Gasteiger partial charge in [0.15, 0.2) is 11.5 Å². The van der Waals surface area contributed by atoms with Gasteiger partial charge < -0.3 is 15.6 Å². The third kappa shape index (κ3) is 5.60. The van der Waals surface area contributed by atoms with Crippen LogP contribution in [0, 0.1) is 0 Å². The largest absolute Gasteiger partial charge is 0.489 e. The van der Waals surface area contributed by atoms with E-state index in [4.69, 9.17) is 15.5 Å². The van der Waals surface area contributed by atoms with E-state index in [1.165, 1.54) is 22.7 Å². The van der Waals surface area contributed by atoms with Crippen molar-refractivity contribution >= 4 is 41.4 Å². The third-order valence-corrected chi connectivity index (χ3v) is 6.05. The van der Waals surface area contributed by atoms with Crippen LogP contribution in [-0.4, -0.2) is 67.1 Å². The molecular formula is C24H27Cl2F3N6O2. The van der Waals surface area contributed by atoms with Gasteiger partial charge in [-0.1, -0.05) is 24.3 Å². The topological polar surface area (TPSA) is 102 Å². The molecule has 13 heteroatoms. The Labute approximate surface area is 223 Å². The minimum Gasteiger partial charge on any atom is -0.489 e. The van der Waals surface area contributed by atoms with Gasteiger partial charge in [0.05, 0.1) is 12.2 Å². The van der Waals surface area contributed by atoms with Gasteiger partial charge in [0.2, 0.25) is 0 Å². The number of nitrogens with two attached hydrogens (primary N) is 1. The Morgan fingerprint density at radius 2 is 1.81 bits per heavy atom. The van der Waals surface area contributed by atoms with Gasteiger partial charge in [-0.05, 0) is 37.6 Å². The van der Waals surface area contributed by atoms with Gasteiger partial charge in [-0.2, -0.15) is 13.2 Å². The average molecular weight is 559 g/mol. The summed E-state index contributed by atoms with van der Waals surface area (Å²) in [5, 5.41) is 19.1. The van der Waals surface area contributed by atoms with Gasteiger partial charge in [0.1, 0.15) is 23.0 Å². The van der Waals surface area contributed by atoms with Crippen molar-refractivity contribution in [3.05, 3.63) is 54.2 Å². The second kappa shape index (κ2) is 11.0. The molecule has 3 N–H and O–H groups in total. The quantitative estimate of drug-likeness (QED) is 0.378. The molecule has 4 heterocycles. The summed E-state index contributed by atoms with van der Waals surface area (Å²) >= 11 is 0. The molecule has 0 amide bonds. The highest BCUT2D eigenvalue weighted by Crippen LogP contribution is 2.39. The van der Waals surface area contributed by atoms with E-state index < -0.39 is 24.4 Å². The molecular weight excluding hydrogens is 532 g/mol. The number of benzene rings is 1. The van der Waals surface area contributed by atoms with E-state index in [0.717, 1.165) is 10.3 Å². The molecule has 0 radical (unpaired) electrons. The second-order valence-corrected chi connectivity index (χ2v) is 9.03. The fourth-order valence-corrected chi connectivity index (χ4v) is 4.50. The highest BCUT2D eigenvalue weighted by Gasteiger charge is 2.48. The van der Waals surface area contributed by atoms with E-state index in [9.17, 15) is 18.3 Å². The number of aromatic nitrogens is 4. The number of halogens is 5. The smallest absolute Gasteiger partial charge is 0.408 e. The summed E-state index contributed by atoms with van der Waals surface area (Å²) in [5.74, 6) is 0.914. The van der Waals surface area contributed by atoms with Crippen molar-refractivity contribution in [3.8, 4) is 17.3 Å². The molecule has 3 aromatic heterocycles. The second-order valence-electron chi connectivity index (χ2n) is 9.03. The van der Waals surface area contributed by atoms with Crippen LogP contribution in [0.1, 0.15) is 25.5 Å². The van der Waals surface area contributed by atoms with E-state index in [1.807, 2.05) is 38.1 Å². The molecule has 200 valence electrons. The van der Waals surface area contributed by atoms with Gasteiger partial charge in [-0.15, -0.1) is 35.0 Å². The Kier molecular flexibility index (Phi) is 8.55. The molecule has 3 atom stereocenters. The number of hydrogen-bond donors (Lipinski definition) is 2. The predicted molar refractivity (Wildman–Crippen MR) is 138 cm³/mol. The average Bonchev–Trinajstić information content (AvgIpc) is 3.35. The van der Waals surface area contributed by atoms with Crippen LogP contribution in [0.15, 0.2) is 48.7 Å². The van der Waals surface area contributed by atoms with Crippen LogP contribution in [0.25, 0.3) is 28.1 Å². The molecule has 5 rings (SSSR count). The molecule has 1 fully saturated rings. The molecule has 37 heavy (non-hydrogen) atoms. The lowest BCUT2D eigenvalue weighted by Gasteiger charge is -2.29. The maximum Gasteiger partial charge on any atom is 0.408 e. The number of alkyl halides is 3. The number of pyridine rings is 2. The van der Waals surface area contributed by atoms with Crippen LogP contribution in [0.5, 0.6) is 5.75 Å². The summed E-state index contributed by atoms with van der Waals surface area (Å²) in [6.07, 6.45) is -4.27. The molecule has 0 aliphatic carbocycles. The molecule has 8 nitrogen and oxygen atoms in total. The Morgan fingerprint density at radius 3 is 2.46 bits per heavy atom. The number of rotatable bonds is 5. The lowest BCUT2D eigenvalue weighted by molar-refractivity contribution is -0.184. The number of para-hydroxylation sites is 1. The van der Waals surface area contributed by atoms with Crippen LogP contribution in [0.3, 0.4) is 0 Å². The standard InChI is InChI=1S/C24H25F3N6O2.2ClH/c1-13(2)35-19-5-3-4-14-6-8-17(29-21(14)19)23-31-30-20-9-7-15(10-33(20)23)22(24(25,26)27)32-11-16(28)18(34)12-32;;/h3-10,13,16,18,22,34H,11-12,28H2,1-2H3;2*1H/t16-,18-,22-;;/m1../s1. The van der Waals surface area contributed by atoms with Crippen LogP contribution in [0.2, 0.25) is 0 Å². The fraction of sp³-hybridized carbons (Fsp3) is 0.375. The number of β-amino-alcohol motifs (C(OH)–C–C–N with tert-alkyl or cyclic N) is 1. The first kappa shape index (κ1) is 28.9. The summed E-state index contributed by atoms with van der Waals surface area (Å²) < 4.78 is 49.8. The van der Waals surface area contributed by atoms with Crippen molar-refractivity contribution in [3.63, 3.8) is 0 Å². The number of aliphatic hydroxyl groups is 1. The number of hydrogen-bond acceptors (Lipinski definition) is 7. The number of ether oxygens (including phenoxy) is 1. The van der Waals surface area contributed by atoms with E-state index >= 15 is 0 Å². The van der Waals surface area contributed by atoms with Crippen molar-refractivity contribution in [2.45, 2.75) is 44.3 Å². The first-order chi connectivity index (χ1) is 16.6. The van der Waals surface area contributed by atoms with E-state index in [1.54, 1.807) is 6.07 Å². The Balaban J connectivity index is 0.00000190. The molecule has 0 unspecified atom stereocenters. The van der Waals surface area contributed by atoms with Crippen molar-refractivity contribution in [1.29, 1.82) is 0 Å². The monoisotopic (exact) mass is 558 g/mol. The normalized spacial score (nSPS) is 19.1. The number of fused-ring (bicyclic) bond motifs is 2. The van der Waals surface area contributed by atoms with Gasteiger partial charge >= 0.3 is 6.18 Å². The molecule has 0 saturated carbocycles. The van der Waals surface area contributed by atoms with Crippen molar-refractivity contribution in [1.82, 2.24) is 24.5 Å². The maximum atomic E-state index is 14.2. The minimum atomic E-state index is -4.57. The Bertz CT molecular complexity index is 1370. The zero-order valence-corrected chi connectivity index (χ0v) is 21.6. The number of nitrogens with zero attached hydrogens (tertiary/aromatic N) is 5. The maximum absolute atomic E-state index is 14.2. The van der Waals surface area contributed by atoms with Crippen LogP contribution in [0.4, 0.5) is 13.2 Å². The molecule has 1 saturated heterocycles. The molecule has 1 aromatic carbocycles. The molecule has 1 aliphatic heterocycles. The van der Waals surface area contributed by atoms with Gasteiger partial charge in [-0.3, -0.25) is 9.30 Å². The molecule has 0 bridgehead atoms. The van der Waals surface area contributed by atoms with Crippen molar-refractivity contribution in [2.24, 2.45) is 5.73 Å². The van der Waals surface area contributed by atoms with E-state index in [2.05, 4.69) is 10.2 Å². The zero-order chi connectivity index (χ0) is 24.9. The molecule has 1 aliphatic rings. The third-order valence-electron chi connectivity index (χ3n) is 6.05. The first-order valence-electron chi connectivity index (χ1n) is 11.3. The summed E-state index contributed by atoms with van der Waals surface area (Å²) in [7, 11) is 0. The predicted octanol–water partition coefficient (Wildman–Crippen LogP) is 4.18. The van der Waals surface area contributed by atoms with Crippen LogP contribution < -0.4 is 10.5 Å². The van der Waals surface area contributed by atoms with Gasteiger partial charge in [-0.25, -0.2) is 4.98 Å². The summed E-state index contributed by atoms with van der Waals surface area (Å²) in [5.41, 5.74) is 7.24. The zero-order valence-electron chi connectivity index (χ0n) is 20.0.